The van der Waals surface area contributed by atoms with E-state index in [9.17, 15) is 14.0 Å². The lowest BCUT2D eigenvalue weighted by Crippen LogP contribution is -2.34. The molecule has 1 saturated heterocycles. The smallest absolute Gasteiger partial charge is 0.330 e. The second kappa shape index (κ2) is 5.69. The summed E-state index contributed by atoms with van der Waals surface area (Å²) >= 11 is 0. The molecule has 1 fully saturated rings. The Labute approximate surface area is 110 Å². The minimum atomic E-state index is -0.624. The fourth-order valence-corrected chi connectivity index (χ4v) is 2.56. The monoisotopic (exact) mass is 269 g/mol. The highest BCUT2D eigenvalue weighted by Gasteiger charge is 2.32. The maximum absolute atomic E-state index is 12.4. The van der Waals surface area contributed by atoms with E-state index < -0.39 is 17.9 Å². The Bertz CT molecular complexity index is 552. The zero-order chi connectivity index (χ0) is 14.0. The van der Waals surface area contributed by atoms with Crippen LogP contribution in [0.1, 0.15) is 38.5 Å². The minimum Gasteiger partial charge on any atom is -0.354 e. The molecule has 1 aliphatic rings. The quantitative estimate of drug-likeness (QED) is 0.898. The zero-order valence-electron chi connectivity index (χ0n) is 11.2. The van der Waals surface area contributed by atoms with Crippen LogP contribution >= 0.6 is 0 Å². The number of halogens is 1. The Morgan fingerprint density at radius 3 is 2.84 bits per heavy atom. The molecule has 0 radical (unpaired) electrons. The Morgan fingerprint density at radius 1 is 1.53 bits per heavy atom. The van der Waals surface area contributed by atoms with E-state index in [0.29, 0.717) is 5.92 Å². The van der Waals surface area contributed by atoms with Gasteiger partial charge in [0.1, 0.15) is 6.23 Å². The number of aryl methyl sites for hydroxylation is 1. The van der Waals surface area contributed by atoms with Crippen LogP contribution in [0.3, 0.4) is 0 Å². The van der Waals surface area contributed by atoms with E-state index in [2.05, 4.69) is 11.9 Å². The van der Waals surface area contributed by atoms with Crippen LogP contribution in [0.2, 0.25) is 0 Å². The number of rotatable bonds is 4. The average Bonchev–Trinajstić information content (AvgIpc) is 2.74. The number of aromatic amines is 1. The molecule has 0 saturated carbocycles. The van der Waals surface area contributed by atoms with Gasteiger partial charge < -0.3 is 4.74 Å². The first kappa shape index (κ1) is 14.0. The lowest BCUT2D eigenvalue weighted by Gasteiger charge is -2.15. The van der Waals surface area contributed by atoms with Crippen molar-refractivity contribution in [3.05, 3.63) is 32.6 Å². The Balaban J connectivity index is 2.33. The molecule has 19 heavy (non-hydrogen) atoms. The van der Waals surface area contributed by atoms with E-state index in [-0.39, 0.29) is 24.3 Å². The minimum absolute atomic E-state index is 0.00902. The number of alkyl halides is 1. The summed E-state index contributed by atoms with van der Waals surface area (Å²) in [6.45, 7) is 3.49. The van der Waals surface area contributed by atoms with E-state index in [1.165, 1.54) is 10.8 Å². The molecule has 0 aromatic carbocycles. The van der Waals surface area contributed by atoms with Gasteiger partial charge in [-0.05, 0) is 18.8 Å². The van der Waals surface area contributed by atoms with Crippen molar-refractivity contribution in [1.29, 1.82) is 0 Å². The molecule has 0 amide bonds. The summed E-state index contributed by atoms with van der Waals surface area (Å²) in [5.41, 5.74) is -0.739. The van der Waals surface area contributed by atoms with Crippen LogP contribution in [-0.4, -0.2) is 22.3 Å². The van der Waals surface area contributed by atoms with Crippen molar-refractivity contribution in [2.45, 2.75) is 45.4 Å². The molecule has 0 bridgehead atoms. The summed E-state index contributed by atoms with van der Waals surface area (Å²) in [7, 11) is 0. The van der Waals surface area contributed by atoms with E-state index in [1.807, 2.05) is 6.92 Å². The van der Waals surface area contributed by atoms with E-state index in [1.54, 1.807) is 0 Å². The van der Waals surface area contributed by atoms with Gasteiger partial charge in [0.25, 0.3) is 5.56 Å². The highest BCUT2D eigenvalue weighted by atomic mass is 18.2. The van der Waals surface area contributed by atoms with E-state index in [4.69, 9.17) is 4.74 Å². The summed E-state index contributed by atoms with van der Waals surface area (Å²) in [5.74, 6) is 0.360. The number of nitrogens with zero attached hydrogens (tertiary/aromatic N) is 1. The van der Waals surface area contributed by atoms with Gasteiger partial charge >= 0.3 is 5.69 Å². The van der Waals surface area contributed by atoms with Crippen LogP contribution in [0, 0.1) is 5.92 Å². The molecule has 106 valence electrons. The Kier molecular flexibility index (Phi) is 4.19. The number of nitrogens with one attached hydrogen (secondary N) is 1. The van der Waals surface area contributed by atoms with Gasteiger partial charge in [0.05, 0.1) is 12.8 Å². The first-order valence-electron chi connectivity index (χ1n) is 6.62. The predicted molar refractivity (Wildman–Crippen MR) is 69.0 cm³/mol. The second-order valence-electron chi connectivity index (χ2n) is 5.01. The molecule has 2 heterocycles. The number of aromatic nitrogens is 2. The van der Waals surface area contributed by atoms with Crippen LogP contribution in [0.5, 0.6) is 0 Å². The average molecular weight is 269 g/mol. The molecule has 1 aromatic rings. The summed E-state index contributed by atoms with van der Waals surface area (Å²) in [4.78, 5) is 25.5. The van der Waals surface area contributed by atoms with Crippen molar-refractivity contribution in [3.8, 4) is 0 Å². The summed E-state index contributed by atoms with van der Waals surface area (Å²) in [6.07, 6.45) is 2.79. The molecular weight excluding hydrogens is 250 g/mol. The highest BCUT2D eigenvalue weighted by molar-refractivity contribution is 5.05. The molecule has 0 aliphatic carbocycles. The SMILES string of the molecule is CCC1OC(n2cc(CC[18F])c(=O)[nH]c2=O)CC1C. The molecule has 0 spiro atoms. The van der Waals surface area contributed by atoms with Crippen molar-refractivity contribution in [1.82, 2.24) is 9.55 Å². The molecular formula is C13H19FN2O3. The molecule has 3 unspecified atom stereocenters. The molecule has 1 aliphatic heterocycles. The molecule has 1 aromatic heterocycles. The standard InChI is InChI=1S/C13H19FN2O3/c1-3-10-8(2)6-11(19-10)16-7-9(4-5-14)12(17)15-13(16)18/h7-8,10-11H,3-6H2,1-2H3,(H,15,17,18)/i14-1. The van der Waals surface area contributed by atoms with Crippen LogP contribution < -0.4 is 11.2 Å². The first-order chi connectivity index (χ1) is 9.06. The Morgan fingerprint density at radius 2 is 2.26 bits per heavy atom. The van der Waals surface area contributed by atoms with Gasteiger partial charge in [-0.1, -0.05) is 13.8 Å². The fourth-order valence-electron chi connectivity index (χ4n) is 2.56. The normalized spacial score (nSPS) is 26.8. The zero-order valence-corrected chi connectivity index (χ0v) is 11.2. The van der Waals surface area contributed by atoms with Crippen LogP contribution in [-0.2, 0) is 11.2 Å². The van der Waals surface area contributed by atoms with Crippen LogP contribution in [0.25, 0.3) is 0 Å². The molecule has 3 atom stereocenters. The number of hydrogen-bond donors (Lipinski definition) is 1. The van der Waals surface area contributed by atoms with Gasteiger partial charge in [-0.3, -0.25) is 18.7 Å². The van der Waals surface area contributed by atoms with Crippen LogP contribution in [0.4, 0.5) is 4.39 Å². The number of H-pyrrole nitrogens is 1. The third-order valence-corrected chi connectivity index (χ3v) is 3.66. The summed E-state index contributed by atoms with van der Waals surface area (Å²) < 4.78 is 19.6. The van der Waals surface area contributed by atoms with Crippen molar-refractivity contribution < 1.29 is 9.13 Å². The number of hydrogen-bond acceptors (Lipinski definition) is 3. The highest BCUT2D eigenvalue weighted by Crippen LogP contribution is 2.33. The van der Waals surface area contributed by atoms with Gasteiger partial charge in [0, 0.05) is 18.2 Å². The van der Waals surface area contributed by atoms with E-state index >= 15 is 0 Å². The maximum atomic E-state index is 12.4. The number of ether oxygens (including phenoxy) is 1. The fraction of sp³-hybridized carbons (Fsp3) is 0.692. The lowest BCUT2D eigenvalue weighted by molar-refractivity contribution is -0.00773. The van der Waals surface area contributed by atoms with Gasteiger partial charge in [0.15, 0.2) is 0 Å². The summed E-state index contributed by atoms with van der Waals surface area (Å²) in [6, 6.07) is 0. The first-order valence-corrected chi connectivity index (χ1v) is 6.62. The van der Waals surface area contributed by atoms with Gasteiger partial charge in [-0.25, -0.2) is 4.79 Å². The van der Waals surface area contributed by atoms with Crippen LogP contribution in [0.15, 0.2) is 15.8 Å². The van der Waals surface area contributed by atoms with Crippen molar-refractivity contribution in [3.63, 3.8) is 0 Å². The molecule has 2 rings (SSSR count). The maximum Gasteiger partial charge on any atom is 0.330 e. The molecule has 6 heteroatoms. The third kappa shape index (κ3) is 2.78. The second-order valence-corrected chi connectivity index (χ2v) is 5.01. The van der Waals surface area contributed by atoms with Gasteiger partial charge in [0.2, 0.25) is 0 Å². The van der Waals surface area contributed by atoms with Gasteiger partial charge in [-0.15, -0.1) is 0 Å². The topological polar surface area (TPSA) is 64.1 Å². The van der Waals surface area contributed by atoms with Crippen molar-refractivity contribution in [2.75, 3.05) is 6.67 Å². The van der Waals surface area contributed by atoms with Gasteiger partial charge in [-0.2, -0.15) is 0 Å². The van der Waals surface area contributed by atoms with Crippen molar-refractivity contribution >= 4 is 0 Å². The predicted octanol–water partition coefficient (Wildman–Crippen LogP) is 1.38. The largest absolute Gasteiger partial charge is 0.354 e. The molecule has 1 N–H and O–H groups in total. The van der Waals surface area contributed by atoms with E-state index in [0.717, 1.165) is 12.8 Å². The third-order valence-electron chi connectivity index (χ3n) is 3.66. The van der Waals surface area contributed by atoms with Crippen molar-refractivity contribution in [2.24, 2.45) is 5.92 Å². The molecule has 5 nitrogen and oxygen atoms in total. The summed E-state index contributed by atoms with van der Waals surface area (Å²) in [5, 5.41) is 0. The lowest BCUT2D eigenvalue weighted by atomic mass is 10.0. The Hall–Kier alpha value is -1.43.